The minimum atomic E-state index is -3.40. The largest absolute Gasteiger partial charge is 0.361 e. The Kier molecular flexibility index (Phi) is 10.4. The Labute approximate surface area is 208 Å². The third kappa shape index (κ3) is 6.44. The maximum atomic E-state index is 12.8. The van der Waals surface area contributed by atoms with Crippen molar-refractivity contribution >= 4 is 40.0 Å². The summed E-state index contributed by atoms with van der Waals surface area (Å²) in [5, 5.41) is 10.7. The van der Waals surface area contributed by atoms with E-state index < -0.39 is 10.0 Å². The highest BCUT2D eigenvalue weighted by molar-refractivity contribution is 14.0. The zero-order chi connectivity index (χ0) is 22.3. The van der Waals surface area contributed by atoms with Crippen molar-refractivity contribution in [3.8, 4) is 0 Å². The number of halogens is 1. The molecule has 8 nitrogen and oxygen atoms in total. The number of rotatable bonds is 8. The molecule has 0 spiro atoms. The normalized spacial score (nSPS) is 15.3. The van der Waals surface area contributed by atoms with Crippen LogP contribution in [0.4, 0.5) is 0 Å². The van der Waals surface area contributed by atoms with E-state index >= 15 is 0 Å². The zero-order valence-electron chi connectivity index (χ0n) is 19.1. The highest BCUT2D eigenvalue weighted by atomic mass is 127. The van der Waals surface area contributed by atoms with Gasteiger partial charge in [-0.1, -0.05) is 37.6 Å². The van der Waals surface area contributed by atoms with E-state index in [-0.39, 0.29) is 24.0 Å². The van der Waals surface area contributed by atoms with Crippen LogP contribution in [-0.2, 0) is 36.0 Å². The number of aryl methyl sites for hydroxylation is 2. The molecule has 1 saturated heterocycles. The first-order valence-corrected chi connectivity index (χ1v) is 12.4. The van der Waals surface area contributed by atoms with Crippen LogP contribution in [0.5, 0.6) is 0 Å². The molecule has 3 rings (SSSR count). The summed E-state index contributed by atoms with van der Waals surface area (Å²) >= 11 is 0. The van der Waals surface area contributed by atoms with Gasteiger partial charge in [0, 0.05) is 45.2 Å². The molecule has 178 valence electrons. The molecular weight excluding hydrogens is 541 g/mol. The van der Waals surface area contributed by atoms with Crippen LogP contribution in [0.25, 0.3) is 0 Å². The van der Waals surface area contributed by atoms with Gasteiger partial charge in [-0.05, 0) is 37.0 Å². The van der Waals surface area contributed by atoms with Crippen LogP contribution in [0.1, 0.15) is 55.7 Å². The van der Waals surface area contributed by atoms with E-state index in [1.165, 1.54) is 0 Å². The van der Waals surface area contributed by atoms with E-state index in [4.69, 9.17) is 4.52 Å². The van der Waals surface area contributed by atoms with Crippen molar-refractivity contribution in [3.63, 3.8) is 0 Å². The summed E-state index contributed by atoms with van der Waals surface area (Å²) in [6.07, 6.45) is 4.58. The number of aliphatic imine (C=N–C) groups is 1. The van der Waals surface area contributed by atoms with Crippen molar-refractivity contribution in [2.45, 2.75) is 63.9 Å². The lowest BCUT2D eigenvalue weighted by Gasteiger charge is -2.25. The first-order chi connectivity index (χ1) is 15.0. The molecule has 1 aliphatic rings. The maximum Gasteiger partial charge on any atom is 0.243 e. The molecule has 0 saturated carbocycles. The van der Waals surface area contributed by atoms with Crippen LogP contribution < -0.4 is 10.6 Å². The van der Waals surface area contributed by atoms with Crippen molar-refractivity contribution in [3.05, 3.63) is 46.8 Å². The quantitative estimate of drug-likeness (QED) is 0.284. The molecule has 0 aliphatic carbocycles. The number of benzene rings is 1. The van der Waals surface area contributed by atoms with Crippen molar-refractivity contribution in [2.75, 3.05) is 20.1 Å². The monoisotopic (exact) mass is 575 g/mol. The lowest BCUT2D eigenvalue weighted by Crippen LogP contribution is -2.36. The minimum absolute atomic E-state index is 0. The van der Waals surface area contributed by atoms with Gasteiger partial charge in [0.1, 0.15) is 5.76 Å². The van der Waals surface area contributed by atoms with Gasteiger partial charge < -0.3 is 15.2 Å². The van der Waals surface area contributed by atoms with Crippen LogP contribution >= 0.6 is 24.0 Å². The Morgan fingerprint density at radius 1 is 1.06 bits per heavy atom. The van der Waals surface area contributed by atoms with Gasteiger partial charge in [-0.3, -0.25) is 4.99 Å². The van der Waals surface area contributed by atoms with Gasteiger partial charge >= 0.3 is 0 Å². The van der Waals surface area contributed by atoms with Gasteiger partial charge in [0.2, 0.25) is 10.0 Å². The van der Waals surface area contributed by atoms with Crippen LogP contribution in [0.3, 0.4) is 0 Å². The van der Waals surface area contributed by atoms with E-state index in [9.17, 15) is 8.42 Å². The molecule has 32 heavy (non-hydrogen) atoms. The molecule has 2 aromatic rings. The summed E-state index contributed by atoms with van der Waals surface area (Å²) in [5.74, 6) is 1.56. The Hall–Kier alpha value is -1.66. The maximum absolute atomic E-state index is 12.8. The first-order valence-electron chi connectivity index (χ1n) is 11.0. The number of nitrogens with zero attached hydrogens (tertiary/aromatic N) is 3. The number of nitrogens with one attached hydrogen (secondary N) is 2. The second-order valence-electron chi connectivity index (χ2n) is 7.63. The third-order valence-corrected chi connectivity index (χ3v) is 7.51. The van der Waals surface area contributed by atoms with Crippen LogP contribution in [0.2, 0.25) is 0 Å². The first kappa shape index (κ1) is 26.6. The molecule has 10 heteroatoms. The van der Waals surface area contributed by atoms with Gasteiger partial charge in [0.15, 0.2) is 5.96 Å². The summed E-state index contributed by atoms with van der Waals surface area (Å²) in [7, 11) is -1.68. The molecule has 2 N–H and O–H groups in total. The fourth-order valence-corrected chi connectivity index (χ4v) is 5.27. The Morgan fingerprint density at radius 2 is 1.72 bits per heavy atom. The molecule has 1 fully saturated rings. The molecule has 0 unspecified atom stereocenters. The highest BCUT2D eigenvalue weighted by Crippen LogP contribution is 2.21. The van der Waals surface area contributed by atoms with Crippen LogP contribution in [-0.4, -0.2) is 44.0 Å². The summed E-state index contributed by atoms with van der Waals surface area (Å²) < 4.78 is 32.6. The standard InChI is InChI=1S/C22H33N5O3S.HI/c1-4-20-19(21(5-2)30-26-20)16-25-22(23-3)24-15-17-9-11-18(12-10-17)31(28,29)27-13-7-6-8-14-27;/h9-12H,4-8,13-16H2,1-3H3,(H2,23,24,25);1H. The average molecular weight is 576 g/mol. The van der Waals surface area contributed by atoms with Crippen LogP contribution in [0.15, 0.2) is 38.7 Å². The topological polar surface area (TPSA) is 99.8 Å². The van der Waals surface area contributed by atoms with Crippen LogP contribution in [0, 0.1) is 0 Å². The molecule has 1 aliphatic heterocycles. The second kappa shape index (κ2) is 12.5. The highest BCUT2D eigenvalue weighted by Gasteiger charge is 2.25. The van der Waals surface area contributed by atoms with Gasteiger partial charge in [-0.2, -0.15) is 4.31 Å². The van der Waals surface area contributed by atoms with Gasteiger partial charge in [-0.25, -0.2) is 8.42 Å². The van der Waals surface area contributed by atoms with Crippen molar-refractivity contribution in [1.82, 2.24) is 20.1 Å². The van der Waals surface area contributed by atoms with E-state index in [2.05, 4.69) is 27.7 Å². The fraction of sp³-hybridized carbons (Fsp3) is 0.545. The van der Waals surface area contributed by atoms with Crippen molar-refractivity contribution in [1.29, 1.82) is 0 Å². The third-order valence-electron chi connectivity index (χ3n) is 5.60. The number of aromatic nitrogens is 1. The number of hydrogen-bond donors (Lipinski definition) is 2. The molecule has 1 aromatic heterocycles. The zero-order valence-corrected chi connectivity index (χ0v) is 22.2. The average Bonchev–Trinajstić information content (AvgIpc) is 3.22. The minimum Gasteiger partial charge on any atom is -0.361 e. The predicted molar refractivity (Wildman–Crippen MR) is 137 cm³/mol. The lowest BCUT2D eigenvalue weighted by molar-refractivity contribution is 0.346. The predicted octanol–water partition coefficient (Wildman–Crippen LogP) is 3.46. The number of piperidine rings is 1. The van der Waals surface area contributed by atoms with E-state index in [1.54, 1.807) is 23.5 Å². The number of guanidine groups is 1. The van der Waals surface area contributed by atoms with Crippen molar-refractivity contribution < 1.29 is 12.9 Å². The summed E-state index contributed by atoms with van der Waals surface area (Å²) in [4.78, 5) is 4.63. The summed E-state index contributed by atoms with van der Waals surface area (Å²) in [6.45, 7) is 6.45. The van der Waals surface area contributed by atoms with Gasteiger partial charge in [0.05, 0.1) is 10.6 Å². The van der Waals surface area contributed by atoms with Gasteiger partial charge in [0.25, 0.3) is 0 Å². The molecule has 0 radical (unpaired) electrons. The Balaban J connectivity index is 0.00000363. The SMILES string of the molecule is CCc1noc(CC)c1CNC(=NC)NCc1ccc(S(=O)(=O)N2CCCCC2)cc1.I. The molecule has 0 amide bonds. The Morgan fingerprint density at radius 3 is 2.31 bits per heavy atom. The van der Waals surface area contributed by atoms with E-state index in [0.29, 0.717) is 37.0 Å². The van der Waals surface area contributed by atoms with E-state index in [1.807, 2.05) is 19.1 Å². The number of sulfonamides is 1. The molecule has 0 atom stereocenters. The fourth-order valence-electron chi connectivity index (χ4n) is 3.75. The Bertz CT molecular complexity index is 962. The smallest absolute Gasteiger partial charge is 0.243 e. The second-order valence-corrected chi connectivity index (χ2v) is 9.56. The van der Waals surface area contributed by atoms with E-state index in [0.717, 1.165) is 54.7 Å². The summed E-state index contributed by atoms with van der Waals surface area (Å²) in [5.41, 5.74) is 3.03. The molecule has 2 heterocycles. The molecule has 0 bridgehead atoms. The summed E-state index contributed by atoms with van der Waals surface area (Å²) in [6, 6.07) is 7.08. The lowest BCUT2D eigenvalue weighted by atomic mass is 10.1. The molecule has 1 aromatic carbocycles. The molecular formula is C22H34IN5O3S. The number of hydrogen-bond acceptors (Lipinski definition) is 5. The van der Waals surface area contributed by atoms with Crippen molar-refractivity contribution in [2.24, 2.45) is 4.99 Å². The van der Waals surface area contributed by atoms with Gasteiger partial charge in [-0.15, -0.1) is 24.0 Å².